The summed E-state index contributed by atoms with van der Waals surface area (Å²) in [4.78, 5) is 0. The molecule has 25 heavy (non-hydrogen) atoms. The van der Waals surface area contributed by atoms with Gasteiger partial charge in [-0.05, 0) is 43.7 Å². The number of aryl methyl sites for hydroxylation is 2. The first-order valence-electron chi connectivity index (χ1n) is 8.45. The normalized spacial score (nSPS) is 12.0. The van der Waals surface area contributed by atoms with E-state index in [1.807, 2.05) is 37.3 Å². The number of hydrogen-bond acceptors (Lipinski definition) is 2. The van der Waals surface area contributed by atoms with E-state index < -0.39 is 6.10 Å². The van der Waals surface area contributed by atoms with E-state index in [0.717, 1.165) is 29.2 Å². The lowest BCUT2D eigenvalue weighted by Crippen LogP contribution is -3.00. The van der Waals surface area contributed by atoms with Crippen LogP contribution in [0.25, 0.3) is 11.0 Å². The van der Waals surface area contributed by atoms with Gasteiger partial charge in [-0.1, -0.05) is 24.3 Å². The van der Waals surface area contributed by atoms with Crippen LogP contribution in [0, 0.1) is 13.8 Å². The second-order valence-electron chi connectivity index (χ2n) is 6.17. The molecule has 0 fully saturated rings. The molecule has 3 aromatic rings. The van der Waals surface area contributed by atoms with E-state index in [0.29, 0.717) is 6.54 Å². The van der Waals surface area contributed by atoms with Crippen LogP contribution in [0.15, 0.2) is 48.5 Å². The molecule has 1 atom stereocenters. The first kappa shape index (κ1) is 19.7. The van der Waals surface area contributed by atoms with E-state index in [1.165, 1.54) is 5.52 Å². The summed E-state index contributed by atoms with van der Waals surface area (Å²) < 4.78 is 10.2. The largest absolute Gasteiger partial charge is 1.00 e. The van der Waals surface area contributed by atoms with Gasteiger partial charge >= 0.3 is 0 Å². The highest BCUT2D eigenvalue weighted by atomic mass is 127. The quantitative estimate of drug-likeness (QED) is 0.423. The number of halogens is 1. The number of hydrogen-bond donors (Lipinski definition) is 1. The second kappa shape index (κ2) is 8.67. The minimum absolute atomic E-state index is 0. The molecule has 0 saturated carbocycles. The fourth-order valence-electron chi connectivity index (χ4n) is 3.21. The standard InChI is InChI=1S/C20H25N2O2.HI/c1-4-21-16(3)22(20-11-6-5-10-19(20)21)13-17(23)14-24-18-9-7-8-15(2)12-18;/h5-12,17,23H,4,13-14H2,1-3H3;1H/q+1;/p-1. The molecule has 0 amide bonds. The first-order chi connectivity index (χ1) is 11.6. The zero-order valence-electron chi connectivity index (χ0n) is 14.9. The van der Waals surface area contributed by atoms with Crippen LogP contribution in [0.5, 0.6) is 5.75 Å². The van der Waals surface area contributed by atoms with Crippen molar-refractivity contribution < 1.29 is 38.4 Å². The molecule has 3 rings (SSSR count). The van der Waals surface area contributed by atoms with Crippen LogP contribution in [-0.2, 0) is 13.1 Å². The topological polar surface area (TPSA) is 38.3 Å². The Morgan fingerprint density at radius 2 is 1.88 bits per heavy atom. The van der Waals surface area contributed by atoms with Gasteiger partial charge in [-0.25, -0.2) is 9.13 Å². The fraction of sp³-hybridized carbons (Fsp3) is 0.350. The molecule has 4 nitrogen and oxygen atoms in total. The molecular formula is C20H25IN2O2. The smallest absolute Gasteiger partial charge is 0.254 e. The van der Waals surface area contributed by atoms with Gasteiger partial charge in [-0.2, -0.15) is 0 Å². The summed E-state index contributed by atoms with van der Waals surface area (Å²) >= 11 is 0. The van der Waals surface area contributed by atoms with Gasteiger partial charge in [-0.3, -0.25) is 0 Å². The number of aromatic nitrogens is 2. The molecule has 2 aromatic carbocycles. The molecule has 1 N–H and O–H groups in total. The lowest BCUT2D eigenvalue weighted by molar-refractivity contribution is -0.685. The number of aliphatic hydroxyl groups excluding tert-OH is 1. The summed E-state index contributed by atoms with van der Waals surface area (Å²) in [5, 5.41) is 10.4. The highest BCUT2D eigenvalue weighted by molar-refractivity contribution is 5.72. The van der Waals surface area contributed by atoms with Crippen LogP contribution in [0.4, 0.5) is 0 Å². The molecule has 5 heteroatoms. The van der Waals surface area contributed by atoms with Gasteiger partial charge in [-0.15, -0.1) is 0 Å². The van der Waals surface area contributed by atoms with Crippen molar-refractivity contribution in [2.75, 3.05) is 6.61 Å². The highest BCUT2D eigenvalue weighted by Gasteiger charge is 2.22. The molecule has 0 bridgehead atoms. The third-order valence-electron chi connectivity index (χ3n) is 4.39. The summed E-state index contributed by atoms with van der Waals surface area (Å²) in [6, 6.07) is 16.2. The Balaban J connectivity index is 0.00000225. The molecule has 0 saturated heterocycles. The van der Waals surface area contributed by atoms with Gasteiger partial charge in [0.25, 0.3) is 5.82 Å². The molecule has 0 radical (unpaired) electrons. The Bertz CT molecular complexity index is 845. The average molecular weight is 452 g/mol. The number of imidazole rings is 1. The number of aliphatic hydroxyl groups is 1. The van der Waals surface area contributed by atoms with Crippen molar-refractivity contribution in [3.05, 3.63) is 59.9 Å². The number of para-hydroxylation sites is 2. The van der Waals surface area contributed by atoms with Crippen LogP contribution in [0.1, 0.15) is 18.3 Å². The van der Waals surface area contributed by atoms with Gasteiger partial charge in [0, 0.05) is 6.92 Å². The summed E-state index contributed by atoms with van der Waals surface area (Å²) in [6.45, 7) is 7.97. The van der Waals surface area contributed by atoms with Crippen molar-refractivity contribution in [2.24, 2.45) is 0 Å². The molecule has 0 aliphatic carbocycles. The van der Waals surface area contributed by atoms with Crippen molar-refractivity contribution in [2.45, 2.75) is 40.0 Å². The van der Waals surface area contributed by atoms with E-state index in [2.05, 4.69) is 41.2 Å². The minimum atomic E-state index is -0.565. The van der Waals surface area contributed by atoms with Crippen LogP contribution in [-0.4, -0.2) is 22.4 Å². The molecule has 1 aromatic heterocycles. The van der Waals surface area contributed by atoms with Gasteiger partial charge in [0.05, 0.1) is 6.54 Å². The van der Waals surface area contributed by atoms with Crippen molar-refractivity contribution in [3.8, 4) is 5.75 Å². The molecular weight excluding hydrogens is 427 g/mol. The summed E-state index contributed by atoms with van der Waals surface area (Å²) in [6.07, 6.45) is -0.565. The van der Waals surface area contributed by atoms with E-state index in [-0.39, 0.29) is 30.6 Å². The van der Waals surface area contributed by atoms with Crippen LogP contribution >= 0.6 is 0 Å². The Labute approximate surface area is 166 Å². The van der Waals surface area contributed by atoms with Gasteiger partial charge < -0.3 is 33.8 Å². The maximum Gasteiger partial charge on any atom is 0.254 e. The van der Waals surface area contributed by atoms with Crippen molar-refractivity contribution >= 4 is 11.0 Å². The zero-order chi connectivity index (χ0) is 17.1. The Kier molecular flexibility index (Phi) is 6.84. The predicted molar refractivity (Wildman–Crippen MR) is 95.2 cm³/mol. The summed E-state index contributed by atoms with van der Waals surface area (Å²) in [5.41, 5.74) is 3.49. The van der Waals surface area contributed by atoms with E-state index >= 15 is 0 Å². The maximum atomic E-state index is 10.4. The van der Waals surface area contributed by atoms with Gasteiger partial charge in [0.15, 0.2) is 11.0 Å². The molecule has 1 heterocycles. The molecule has 1 unspecified atom stereocenters. The molecule has 0 aliphatic heterocycles. The van der Waals surface area contributed by atoms with E-state index in [1.54, 1.807) is 0 Å². The van der Waals surface area contributed by atoms with Crippen molar-refractivity contribution in [1.29, 1.82) is 0 Å². The SMILES string of the molecule is CCn1c(C)[n+](CC(O)COc2cccc(C)c2)c2ccccc21.[I-]. The minimum Gasteiger partial charge on any atom is -1.00 e. The summed E-state index contributed by atoms with van der Waals surface area (Å²) in [5.74, 6) is 1.94. The second-order valence-corrected chi connectivity index (χ2v) is 6.17. The lowest BCUT2D eigenvalue weighted by atomic mass is 10.2. The van der Waals surface area contributed by atoms with Crippen LogP contribution < -0.4 is 33.3 Å². The Morgan fingerprint density at radius 3 is 2.60 bits per heavy atom. The molecule has 0 aliphatic rings. The Hall–Kier alpha value is -1.60. The van der Waals surface area contributed by atoms with E-state index in [4.69, 9.17) is 4.74 Å². The van der Waals surface area contributed by atoms with E-state index in [9.17, 15) is 5.11 Å². The van der Waals surface area contributed by atoms with Crippen LogP contribution in [0.3, 0.4) is 0 Å². The van der Waals surface area contributed by atoms with Gasteiger partial charge in [0.2, 0.25) is 0 Å². The highest BCUT2D eigenvalue weighted by Crippen LogP contribution is 2.15. The maximum absolute atomic E-state index is 10.4. The average Bonchev–Trinajstić information content (AvgIpc) is 2.85. The monoisotopic (exact) mass is 452 g/mol. The third kappa shape index (κ3) is 4.33. The number of ether oxygens (including phenoxy) is 1. The predicted octanol–water partition coefficient (Wildman–Crippen LogP) is 0.00944. The number of benzene rings is 2. The van der Waals surface area contributed by atoms with Crippen LogP contribution in [0.2, 0.25) is 0 Å². The lowest BCUT2D eigenvalue weighted by Gasteiger charge is -2.12. The summed E-state index contributed by atoms with van der Waals surface area (Å²) in [7, 11) is 0. The van der Waals surface area contributed by atoms with Gasteiger partial charge in [0.1, 0.15) is 25.0 Å². The zero-order valence-corrected chi connectivity index (χ0v) is 17.1. The number of nitrogens with zero attached hydrogens (tertiary/aromatic N) is 2. The third-order valence-corrected chi connectivity index (χ3v) is 4.39. The molecule has 134 valence electrons. The molecule has 0 spiro atoms. The van der Waals surface area contributed by atoms with Crippen molar-refractivity contribution in [3.63, 3.8) is 0 Å². The van der Waals surface area contributed by atoms with Crippen molar-refractivity contribution in [1.82, 2.24) is 4.57 Å². The number of rotatable bonds is 6. The number of fused-ring (bicyclic) bond motifs is 1. The fourth-order valence-corrected chi connectivity index (χ4v) is 3.21. The Morgan fingerprint density at radius 1 is 1.12 bits per heavy atom. The first-order valence-corrected chi connectivity index (χ1v) is 8.45.